The van der Waals surface area contributed by atoms with Crippen LogP contribution in [0.25, 0.3) is 0 Å². The summed E-state index contributed by atoms with van der Waals surface area (Å²) in [6.07, 6.45) is -0.305. The van der Waals surface area contributed by atoms with Gasteiger partial charge in [0.15, 0.2) is 6.10 Å². The minimum atomic E-state index is -0.738. The monoisotopic (exact) mass is 305 g/mol. The van der Waals surface area contributed by atoms with E-state index < -0.39 is 12.1 Å². The molecule has 0 radical (unpaired) electrons. The molecule has 1 aliphatic heterocycles. The number of hydrogen-bond donors (Lipinski definition) is 0. The van der Waals surface area contributed by atoms with E-state index in [9.17, 15) is 9.59 Å². The number of cyclic esters (lactones) is 1. The Balaban J connectivity index is 2.12. The van der Waals surface area contributed by atoms with Gasteiger partial charge in [-0.15, -0.1) is 0 Å². The molecule has 1 aromatic carbocycles. The predicted octanol–water partition coefficient (Wildman–Crippen LogP) is 1.90. The van der Waals surface area contributed by atoms with Crippen LogP contribution in [0.3, 0.4) is 0 Å². The summed E-state index contributed by atoms with van der Waals surface area (Å²) < 4.78 is 10.4. The molecule has 1 unspecified atom stereocenters. The topological polar surface area (TPSA) is 55.8 Å². The number of carbonyl (C=O) groups is 2. The molecule has 0 saturated carbocycles. The quantitative estimate of drug-likeness (QED) is 0.753. The number of carbonyl (C=O) groups excluding carboxylic acids is 2. The lowest BCUT2D eigenvalue weighted by Gasteiger charge is -2.30. The van der Waals surface area contributed by atoms with Crippen molar-refractivity contribution in [1.82, 2.24) is 4.90 Å². The van der Waals surface area contributed by atoms with Gasteiger partial charge in [0.2, 0.25) is 0 Å². The maximum Gasteiger partial charge on any atom is 0.339 e. The number of amides is 1. The molecule has 0 aliphatic carbocycles. The largest absolute Gasteiger partial charge is 0.448 e. The number of hydrogen-bond acceptors (Lipinski definition) is 4. The first-order valence-electron chi connectivity index (χ1n) is 7.59. The summed E-state index contributed by atoms with van der Waals surface area (Å²) in [5.74, 6) is -0.225. The highest BCUT2D eigenvalue weighted by atomic mass is 16.5. The summed E-state index contributed by atoms with van der Waals surface area (Å²) in [6, 6.07) is 7.27. The number of benzene rings is 1. The van der Waals surface area contributed by atoms with Crippen molar-refractivity contribution >= 4 is 11.9 Å². The summed E-state index contributed by atoms with van der Waals surface area (Å²) in [4.78, 5) is 26.5. The number of ether oxygens (including phenoxy) is 2. The molecule has 0 N–H and O–H groups in total. The number of fused-ring (bicyclic) bond motifs is 1. The second-order valence-corrected chi connectivity index (χ2v) is 5.93. The highest BCUT2D eigenvalue weighted by Gasteiger charge is 2.33. The van der Waals surface area contributed by atoms with E-state index in [1.165, 1.54) is 0 Å². The van der Waals surface area contributed by atoms with Crippen molar-refractivity contribution in [2.45, 2.75) is 26.4 Å². The molecule has 1 amide bonds. The predicted molar refractivity (Wildman–Crippen MR) is 82.6 cm³/mol. The number of rotatable bonds is 6. The third kappa shape index (κ3) is 3.85. The summed E-state index contributed by atoms with van der Waals surface area (Å²) in [6.45, 7) is 5.70. The lowest BCUT2D eigenvalue weighted by atomic mass is 9.98. The molecule has 0 bridgehead atoms. The summed E-state index contributed by atoms with van der Waals surface area (Å²) >= 11 is 0. The van der Waals surface area contributed by atoms with E-state index in [4.69, 9.17) is 9.47 Å². The Bertz CT molecular complexity index is 541. The fourth-order valence-corrected chi connectivity index (χ4v) is 2.61. The molecule has 1 atom stereocenters. The zero-order chi connectivity index (χ0) is 16.1. The van der Waals surface area contributed by atoms with E-state index in [-0.39, 0.29) is 5.91 Å². The molecular weight excluding hydrogens is 282 g/mol. The van der Waals surface area contributed by atoms with Crippen LogP contribution in [0, 0.1) is 5.92 Å². The molecule has 5 nitrogen and oxygen atoms in total. The van der Waals surface area contributed by atoms with E-state index in [2.05, 4.69) is 13.8 Å². The molecule has 22 heavy (non-hydrogen) atoms. The SMILES string of the molecule is COCCN(CC(C)C)C(=O)C1Cc2ccccc2C(=O)O1. The summed E-state index contributed by atoms with van der Waals surface area (Å²) in [7, 11) is 1.61. The van der Waals surface area contributed by atoms with Gasteiger partial charge in [0.05, 0.1) is 12.2 Å². The normalized spacial score (nSPS) is 17.1. The van der Waals surface area contributed by atoms with Crippen LogP contribution in [0.4, 0.5) is 0 Å². The molecule has 0 aromatic heterocycles. The Morgan fingerprint density at radius 1 is 1.41 bits per heavy atom. The molecule has 2 rings (SSSR count). The van der Waals surface area contributed by atoms with Gasteiger partial charge in [0, 0.05) is 26.6 Å². The van der Waals surface area contributed by atoms with Crippen LogP contribution in [0.15, 0.2) is 24.3 Å². The van der Waals surface area contributed by atoms with Crippen molar-refractivity contribution in [2.24, 2.45) is 5.92 Å². The summed E-state index contributed by atoms with van der Waals surface area (Å²) in [5.41, 5.74) is 1.42. The molecule has 0 spiro atoms. The maximum atomic E-state index is 12.7. The van der Waals surface area contributed by atoms with Gasteiger partial charge in [-0.05, 0) is 17.5 Å². The van der Waals surface area contributed by atoms with Gasteiger partial charge in [0.1, 0.15) is 0 Å². The van der Waals surface area contributed by atoms with Gasteiger partial charge in [-0.3, -0.25) is 4.79 Å². The smallest absolute Gasteiger partial charge is 0.339 e. The van der Waals surface area contributed by atoms with Gasteiger partial charge >= 0.3 is 5.97 Å². The first kappa shape index (κ1) is 16.5. The fraction of sp³-hybridized carbons (Fsp3) is 0.529. The van der Waals surface area contributed by atoms with Crippen LogP contribution < -0.4 is 0 Å². The second-order valence-electron chi connectivity index (χ2n) is 5.93. The molecule has 1 aliphatic rings. The van der Waals surface area contributed by atoms with E-state index >= 15 is 0 Å². The lowest BCUT2D eigenvalue weighted by molar-refractivity contribution is -0.142. The maximum absolute atomic E-state index is 12.7. The van der Waals surface area contributed by atoms with E-state index in [1.54, 1.807) is 24.1 Å². The van der Waals surface area contributed by atoms with Crippen molar-refractivity contribution in [1.29, 1.82) is 0 Å². The Kier molecular flexibility index (Phi) is 5.55. The molecular formula is C17H23NO4. The molecule has 1 aromatic rings. The van der Waals surface area contributed by atoms with Crippen molar-refractivity contribution in [3.05, 3.63) is 35.4 Å². The van der Waals surface area contributed by atoms with Gasteiger partial charge in [0.25, 0.3) is 5.91 Å². The zero-order valence-electron chi connectivity index (χ0n) is 13.4. The van der Waals surface area contributed by atoms with Gasteiger partial charge in [-0.2, -0.15) is 0 Å². The average Bonchev–Trinajstić information content (AvgIpc) is 2.50. The highest BCUT2D eigenvalue weighted by Crippen LogP contribution is 2.22. The van der Waals surface area contributed by atoms with Crippen LogP contribution in [0.2, 0.25) is 0 Å². The number of methoxy groups -OCH3 is 1. The zero-order valence-corrected chi connectivity index (χ0v) is 13.4. The van der Waals surface area contributed by atoms with Crippen molar-refractivity contribution in [3.8, 4) is 0 Å². The van der Waals surface area contributed by atoms with Crippen LogP contribution >= 0.6 is 0 Å². The van der Waals surface area contributed by atoms with E-state index in [0.717, 1.165) is 5.56 Å². The summed E-state index contributed by atoms with van der Waals surface area (Å²) in [5, 5.41) is 0. The molecule has 120 valence electrons. The van der Waals surface area contributed by atoms with E-state index in [0.29, 0.717) is 37.6 Å². The van der Waals surface area contributed by atoms with Gasteiger partial charge < -0.3 is 14.4 Å². The standard InChI is InChI=1S/C17H23NO4/c1-12(2)11-18(8-9-21-3)16(19)15-10-13-6-4-5-7-14(13)17(20)22-15/h4-7,12,15H,8-11H2,1-3H3. The van der Waals surface area contributed by atoms with Gasteiger partial charge in [-0.25, -0.2) is 4.79 Å². The number of nitrogens with zero attached hydrogens (tertiary/aromatic N) is 1. The third-order valence-electron chi connectivity index (χ3n) is 3.63. The van der Waals surface area contributed by atoms with Crippen molar-refractivity contribution in [2.75, 3.05) is 26.8 Å². The van der Waals surface area contributed by atoms with E-state index in [1.807, 2.05) is 12.1 Å². The Hall–Kier alpha value is -1.88. The van der Waals surface area contributed by atoms with Crippen LogP contribution in [0.5, 0.6) is 0 Å². The first-order chi connectivity index (χ1) is 10.5. The minimum Gasteiger partial charge on any atom is -0.448 e. The Labute approximate surface area is 131 Å². The van der Waals surface area contributed by atoms with Crippen molar-refractivity contribution < 1.29 is 19.1 Å². The molecule has 1 heterocycles. The number of esters is 1. The lowest BCUT2D eigenvalue weighted by Crippen LogP contribution is -2.46. The Morgan fingerprint density at radius 3 is 2.82 bits per heavy atom. The first-order valence-corrected chi connectivity index (χ1v) is 7.59. The third-order valence-corrected chi connectivity index (χ3v) is 3.63. The average molecular weight is 305 g/mol. The van der Waals surface area contributed by atoms with Gasteiger partial charge in [-0.1, -0.05) is 32.0 Å². The molecule has 5 heteroatoms. The minimum absolute atomic E-state index is 0.145. The van der Waals surface area contributed by atoms with Crippen LogP contribution in [0.1, 0.15) is 29.8 Å². The molecule has 0 fully saturated rings. The molecule has 0 saturated heterocycles. The highest BCUT2D eigenvalue weighted by molar-refractivity contribution is 5.95. The second kappa shape index (κ2) is 7.40. The van der Waals surface area contributed by atoms with Crippen LogP contribution in [-0.4, -0.2) is 49.7 Å². The fourth-order valence-electron chi connectivity index (χ4n) is 2.61. The Morgan fingerprint density at radius 2 is 2.14 bits per heavy atom. The van der Waals surface area contributed by atoms with Crippen molar-refractivity contribution in [3.63, 3.8) is 0 Å². The van der Waals surface area contributed by atoms with Crippen LogP contribution in [-0.2, 0) is 20.7 Å².